The average Bonchev–Trinajstić information content (AvgIpc) is 3.08. The van der Waals surface area contributed by atoms with Crippen molar-refractivity contribution in [1.82, 2.24) is 4.90 Å². The summed E-state index contributed by atoms with van der Waals surface area (Å²) >= 11 is 0. The van der Waals surface area contributed by atoms with Gasteiger partial charge in [0, 0.05) is 30.9 Å². The quantitative estimate of drug-likeness (QED) is 0.444. The molecule has 162 valence electrons. The summed E-state index contributed by atoms with van der Waals surface area (Å²) < 4.78 is 0. The van der Waals surface area contributed by atoms with Gasteiger partial charge >= 0.3 is 0 Å². The standard InChI is InChI=1S/C25H30N4O2/c1-16-11-20-15-29(23-5-3-4-6-24(23)30)25(31)21(20)13-19(16)12-17-7-9-18(10-8-17)22(28-26)14-27-2/h7-11,13-14,23-24,30H,3-6,12,15,26H2,1-2H3/t23-,24-/m0/s1. The van der Waals surface area contributed by atoms with Crippen LogP contribution in [0.2, 0.25) is 0 Å². The summed E-state index contributed by atoms with van der Waals surface area (Å²) in [5.74, 6) is 5.51. The number of aryl methyl sites for hydroxylation is 1. The van der Waals surface area contributed by atoms with Crippen LogP contribution in [0.4, 0.5) is 0 Å². The van der Waals surface area contributed by atoms with E-state index < -0.39 is 6.10 Å². The van der Waals surface area contributed by atoms with Crippen LogP contribution in [0.25, 0.3) is 0 Å². The molecule has 31 heavy (non-hydrogen) atoms. The van der Waals surface area contributed by atoms with Gasteiger partial charge in [0.15, 0.2) is 0 Å². The van der Waals surface area contributed by atoms with Gasteiger partial charge in [0.25, 0.3) is 5.91 Å². The second kappa shape index (κ2) is 9.02. The lowest BCUT2D eigenvalue weighted by Gasteiger charge is -2.35. The van der Waals surface area contributed by atoms with Crippen molar-refractivity contribution in [3.05, 3.63) is 69.8 Å². The largest absolute Gasteiger partial charge is 0.391 e. The fourth-order valence-electron chi connectivity index (χ4n) is 4.78. The molecule has 1 heterocycles. The van der Waals surface area contributed by atoms with Crippen molar-refractivity contribution < 1.29 is 9.90 Å². The number of fused-ring (bicyclic) bond motifs is 1. The van der Waals surface area contributed by atoms with Gasteiger partial charge < -0.3 is 15.8 Å². The topological polar surface area (TPSA) is 91.3 Å². The van der Waals surface area contributed by atoms with Crippen LogP contribution in [-0.2, 0) is 13.0 Å². The van der Waals surface area contributed by atoms with E-state index in [0.717, 1.165) is 59.9 Å². The van der Waals surface area contributed by atoms with Crippen molar-refractivity contribution in [3.63, 3.8) is 0 Å². The van der Waals surface area contributed by atoms with Gasteiger partial charge in [-0.05, 0) is 54.5 Å². The Kier molecular flexibility index (Phi) is 6.18. The van der Waals surface area contributed by atoms with Crippen LogP contribution in [0, 0.1) is 6.92 Å². The van der Waals surface area contributed by atoms with Gasteiger partial charge in [-0.2, -0.15) is 5.10 Å². The summed E-state index contributed by atoms with van der Waals surface area (Å²) in [7, 11) is 1.69. The smallest absolute Gasteiger partial charge is 0.254 e. The van der Waals surface area contributed by atoms with Gasteiger partial charge in [0.05, 0.1) is 12.1 Å². The lowest BCUT2D eigenvalue weighted by molar-refractivity contribution is 0.0191. The van der Waals surface area contributed by atoms with Crippen molar-refractivity contribution in [2.45, 2.75) is 57.7 Å². The Bertz CT molecular complexity index is 1030. The van der Waals surface area contributed by atoms with E-state index in [-0.39, 0.29) is 11.9 Å². The Balaban J connectivity index is 1.54. The second-order valence-electron chi connectivity index (χ2n) is 8.56. The molecule has 0 bridgehead atoms. The summed E-state index contributed by atoms with van der Waals surface area (Å²) in [6.45, 7) is 2.70. The Morgan fingerprint density at radius 3 is 2.65 bits per heavy atom. The fraction of sp³-hybridized carbons (Fsp3) is 0.400. The number of carbonyl (C=O) groups is 1. The Hall–Kier alpha value is -2.99. The second-order valence-corrected chi connectivity index (χ2v) is 8.56. The maximum absolute atomic E-state index is 13.1. The zero-order valence-corrected chi connectivity index (χ0v) is 18.2. The van der Waals surface area contributed by atoms with E-state index in [2.05, 4.69) is 35.2 Å². The number of amides is 1. The third-order valence-corrected chi connectivity index (χ3v) is 6.52. The molecule has 1 aliphatic heterocycles. The fourth-order valence-corrected chi connectivity index (χ4v) is 4.78. The highest BCUT2D eigenvalue weighted by Crippen LogP contribution is 2.33. The van der Waals surface area contributed by atoms with E-state index >= 15 is 0 Å². The summed E-state index contributed by atoms with van der Waals surface area (Å²) in [5.41, 5.74) is 6.89. The number of hydrogen-bond donors (Lipinski definition) is 2. The molecule has 0 aromatic heterocycles. The van der Waals surface area contributed by atoms with Crippen molar-refractivity contribution in [2.75, 3.05) is 7.05 Å². The van der Waals surface area contributed by atoms with Gasteiger partial charge in [0.2, 0.25) is 0 Å². The first-order valence-corrected chi connectivity index (χ1v) is 10.9. The van der Waals surface area contributed by atoms with Gasteiger partial charge in [-0.25, -0.2) is 0 Å². The molecule has 0 spiro atoms. The monoisotopic (exact) mass is 418 g/mol. The number of hydrazone groups is 1. The molecule has 1 aliphatic carbocycles. The van der Waals surface area contributed by atoms with Crippen LogP contribution >= 0.6 is 0 Å². The molecule has 2 aromatic rings. The predicted octanol–water partition coefficient (Wildman–Crippen LogP) is 3.21. The minimum Gasteiger partial charge on any atom is -0.391 e. The number of rotatable bonds is 5. The summed E-state index contributed by atoms with van der Waals surface area (Å²) in [6, 6.07) is 12.2. The number of benzene rings is 2. The molecule has 0 saturated heterocycles. The first kappa shape index (κ1) is 21.2. The van der Waals surface area contributed by atoms with Crippen molar-refractivity contribution in [2.24, 2.45) is 15.9 Å². The number of aliphatic imine (C=N–C) groups is 1. The lowest BCUT2D eigenvalue weighted by atomic mass is 9.91. The molecular formula is C25H30N4O2. The summed E-state index contributed by atoms with van der Waals surface area (Å²) in [4.78, 5) is 19.0. The first-order chi connectivity index (χ1) is 15.0. The lowest BCUT2D eigenvalue weighted by Crippen LogP contribution is -2.45. The molecule has 1 amide bonds. The zero-order valence-electron chi connectivity index (χ0n) is 18.2. The molecule has 2 aromatic carbocycles. The van der Waals surface area contributed by atoms with Crippen molar-refractivity contribution in [3.8, 4) is 0 Å². The van der Waals surface area contributed by atoms with E-state index in [0.29, 0.717) is 12.3 Å². The third kappa shape index (κ3) is 4.26. The van der Waals surface area contributed by atoms with Gasteiger partial charge in [-0.1, -0.05) is 43.2 Å². The minimum absolute atomic E-state index is 0.0557. The Morgan fingerprint density at radius 1 is 1.23 bits per heavy atom. The number of nitrogens with two attached hydrogens (primary N) is 1. The van der Waals surface area contributed by atoms with E-state index in [4.69, 9.17) is 5.84 Å². The van der Waals surface area contributed by atoms with E-state index in [1.807, 2.05) is 23.1 Å². The summed E-state index contributed by atoms with van der Waals surface area (Å²) in [6.07, 6.45) is 5.75. The van der Waals surface area contributed by atoms with Crippen LogP contribution in [0.1, 0.15) is 63.9 Å². The van der Waals surface area contributed by atoms with Gasteiger partial charge in [-0.3, -0.25) is 9.79 Å². The molecule has 2 atom stereocenters. The molecule has 3 N–H and O–H groups in total. The normalized spacial score (nSPS) is 21.7. The summed E-state index contributed by atoms with van der Waals surface area (Å²) in [5, 5.41) is 14.2. The average molecular weight is 419 g/mol. The van der Waals surface area contributed by atoms with Crippen LogP contribution in [0.3, 0.4) is 0 Å². The number of aliphatic hydroxyl groups is 1. The molecular weight excluding hydrogens is 388 g/mol. The van der Waals surface area contributed by atoms with Gasteiger partial charge in [0.1, 0.15) is 5.71 Å². The van der Waals surface area contributed by atoms with E-state index in [1.54, 1.807) is 13.3 Å². The minimum atomic E-state index is -0.411. The van der Waals surface area contributed by atoms with Gasteiger partial charge in [-0.15, -0.1) is 0 Å². The van der Waals surface area contributed by atoms with Crippen molar-refractivity contribution >= 4 is 17.8 Å². The zero-order chi connectivity index (χ0) is 22.0. The van der Waals surface area contributed by atoms with E-state index in [9.17, 15) is 9.90 Å². The molecule has 0 radical (unpaired) electrons. The Morgan fingerprint density at radius 2 is 1.97 bits per heavy atom. The highest BCUT2D eigenvalue weighted by atomic mass is 16.3. The van der Waals surface area contributed by atoms with Crippen LogP contribution in [-0.4, -0.2) is 47.0 Å². The number of aliphatic hydroxyl groups excluding tert-OH is 1. The molecule has 0 unspecified atom stereocenters. The predicted molar refractivity (Wildman–Crippen MR) is 124 cm³/mol. The molecule has 4 rings (SSSR count). The SMILES string of the molecule is CN=CC(=NN)c1ccc(Cc2cc3c(cc2C)CN([C@H]2CCCC[C@@H]2O)C3=O)cc1. The van der Waals surface area contributed by atoms with E-state index in [1.165, 1.54) is 5.56 Å². The molecule has 1 fully saturated rings. The first-order valence-electron chi connectivity index (χ1n) is 10.9. The molecule has 2 aliphatic rings. The number of hydrogen-bond acceptors (Lipinski definition) is 5. The van der Waals surface area contributed by atoms with Crippen LogP contribution in [0.5, 0.6) is 0 Å². The van der Waals surface area contributed by atoms with Crippen LogP contribution < -0.4 is 5.84 Å². The Labute approximate surface area is 183 Å². The number of nitrogens with zero attached hydrogens (tertiary/aromatic N) is 3. The maximum atomic E-state index is 13.1. The highest BCUT2D eigenvalue weighted by molar-refractivity contribution is 6.38. The number of carbonyl (C=O) groups excluding carboxylic acids is 1. The third-order valence-electron chi connectivity index (χ3n) is 6.52. The van der Waals surface area contributed by atoms with Crippen molar-refractivity contribution in [1.29, 1.82) is 0 Å². The molecule has 6 nitrogen and oxygen atoms in total. The molecule has 1 saturated carbocycles. The highest BCUT2D eigenvalue weighted by Gasteiger charge is 2.37. The van der Waals surface area contributed by atoms with Crippen LogP contribution in [0.15, 0.2) is 46.5 Å². The maximum Gasteiger partial charge on any atom is 0.254 e. The molecule has 6 heteroatoms.